The number of amides is 2. The second-order valence-corrected chi connectivity index (χ2v) is 6.25. The van der Waals surface area contributed by atoms with E-state index in [9.17, 15) is 14.4 Å². The molecule has 144 valence electrons. The molecule has 1 aliphatic rings. The maximum atomic E-state index is 12.7. The topological polar surface area (TPSA) is 81.1 Å². The van der Waals surface area contributed by atoms with Crippen LogP contribution in [0.15, 0.2) is 30.5 Å². The molecule has 1 fully saturated rings. The number of aromatic nitrogens is 1. The molecule has 2 amide bonds. The highest BCUT2D eigenvalue weighted by Crippen LogP contribution is 2.22. The van der Waals surface area contributed by atoms with E-state index in [0.717, 1.165) is 10.9 Å². The van der Waals surface area contributed by atoms with Crippen LogP contribution in [0.4, 0.5) is 4.79 Å². The maximum absolute atomic E-state index is 12.7. The highest BCUT2D eigenvalue weighted by Gasteiger charge is 2.25. The van der Waals surface area contributed by atoms with Gasteiger partial charge >= 0.3 is 12.1 Å². The molecule has 0 N–H and O–H groups in total. The van der Waals surface area contributed by atoms with E-state index in [1.165, 1.54) is 7.11 Å². The third-order valence-corrected chi connectivity index (χ3v) is 4.66. The summed E-state index contributed by atoms with van der Waals surface area (Å²) < 4.78 is 11.6. The van der Waals surface area contributed by atoms with Gasteiger partial charge in [0, 0.05) is 43.3 Å². The molecule has 2 heterocycles. The zero-order chi connectivity index (χ0) is 19.4. The maximum Gasteiger partial charge on any atom is 0.409 e. The van der Waals surface area contributed by atoms with Gasteiger partial charge in [-0.3, -0.25) is 4.79 Å². The minimum absolute atomic E-state index is 0.0596. The highest BCUT2D eigenvalue weighted by atomic mass is 16.6. The molecule has 0 unspecified atom stereocenters. The van der Waals surface area contributed by atoms with Gasteiger partial charge in [-0.2, -0.15) is 0 Å². The first-order chi connectivity index (χ1) is 13.0. The lowest BCUT2D eigenvalue weighted by molar-refractivity contribution is -0.133. The Morgan fingerprint density at radius 1 is 1.04 bits per heavy atom. The predicted molar refractivity (Wildman–Crippen MR) is 98.5 cm³/mol. The van der Waals surface area contributed by atoms with E-state index in [2.05, 4.69) is 0 Å². The van der Waals surface area contributed by atoms with Crippen molar-refractivity contribution >= 4 is 28.9 Å². The molecule has 3 rings (SSSR count). The Morgan fingerprint density at radius 2 is 1.70 bits per heavy atom. The number of benzene rings is 1. The molecule has 27 heavy (non-hydrogen) atoms. The largest absolute Gasteiger partial charge is 0.465 e. The Balaban J connectivity index is 1.70. The minimum atomic E-state index is -0.430. The molecule has 0 bridgehead atoms. The van der Waals surface area contributed by atoms with Crippen LogP contribution in [-0.4, -0.2) is 72.2 Å². The van der Waals surface area contributed by atoms with Gasteiger partial charge < -0.3 is 23.8 Å². The summed E-state index contributed by atoms with van der Waals surface area (Å²) in [5, 5.41) is 0.754. The van der Waals surface area contributed by atoms with Gasteiger partial charge in [0.25, 0.3) is 0 Å². The normalized spacial score (nSPS) is 14.3. The molecule has 8 heteroatoms. The minimum Gasteiger partial charge on any atom is -0.465 e. The first-order valence-electron chi connectivity index (χ1n) is 8.90. The number of carbonyl (C=O) groups excluding carboxylic acids is 3. The van der Waals surface area contributed by atoms with Gasteiger partial charge in [0.1, 0.15) is 6.54 Å². The fraction of sp³-hybridized carbons (Fsp3) is 0.421. The lowest BCUT2D eigenvalue weighted by atomic mass is 10.2. The molecular weight excluding hydrogens is 350 g/mol. The lowest BCUT2D eigenvalue weighted by Crippen LogP contribution is -2.51. The molecular formula is C19H23N3O5. The second kappa shape index (κ2) is 8.11. The number of hydrogen-bond acceptors (Lipinski definition) is 5. The number of esters is 1. The quantitative estimate of drug-likeness (QED) is 0.763. The van der Waals surface area contributed by atoms with Crippen molar-refractivity contribution in [2.24, 2.45) is 0 Å². The molecule has 1 aromatic heterocycles. The number of fused-ring (bicyclic) bond motifs is 1. The first-order valence-corrected chi connectivity index (χ1v) is 8.90. The number of rotatable bonds is 4. The number of methoxy groups -OCH3 is 1. The average Bonchev–Trinajstić information content (AvgIpc) is 3.06. The van der Waals surface area contributed by atoms with Gasteiger partial charge in [-0.15, -0.1) is 0 Å². The number of carbonyl (C=O) groups is 3. The Kier molecular flexibility index (Phi) is 5.63. The van der Waals surface area contributed by atoms with Gasteiger partial charge in [-0.1, -0.05) is 18.2 Å². The van der Waals surface area contributed by atoms with Crippen LogP contribution in [0.25, 0.3) is 10.9 Å². The Labute approximate surface area is 157 Å². The number of ether oxygens (including phenoxy) is 2. The summed E-state index contributed by atoms with van der Waals surface area (Å²) in [7, 11) is 1.34. The van der Waals surface area contributed by atoms with Crippen LogP contribution in [0.5, 0.6) is 0 Å². The van der Waals surface area contributed by atoms with Crippen molar-refractivity contribution in [2.75, 3.05) is 39.9 Å². The molecule has 8 nitrogen and oxygen atoms in total. The van der Waals surface area contributed by atoms with Crippen molar-refractivity contribution in [1.29, 1.82) is 0 Å². The fourth-order valence-electron chi connectivity index (χ4n) is 3.25. The SMILES string of the molecule is CCOC(=O)N1CCN(C(=O)Cn2cc(C(=O)OC)c3ccccc32)CC1. The van der Waals surface area contributed by atoms with E-state index in [-0.39, 0.29) is 18.5 Å². The van der Waals surface area contributed by atoms with Crippen LogP contribution in [0.3, 0.4) is 0 Å². The third-order valence-electron chi connectivity index (χ3n) is 4.66. The van der Waals surface area contributed by atoms with Crippen molar-refractivity contribution in [2.45, 2.75) is 13.5 Å². The molecule has 1 saturated heterocycles. The number of para-hydroxylation sites is 1. The number of hydrogen-bond donors (Lipinski definition) is 0. The van der Waals surface area contributed by atoms with Gasteiger partial charge in [0.2, 0.25) is 5.91 Å². The van der Waals surface area contributed by atoms with Gasteiger partial charge in [0.15, 0.2) is 0 Å². The summed E-state index contributed by atoms with van der Waals surface area (Å²) in [5.41, 5.74) is 1.24. The van der Waals surface area contributed by atoms with Crippen LogP contribution in [0.2, 0.25) is 0 Å². The standard InChI is InChI=1S/C19H23N3O5/c1-3-27-19(25)21-10-8-20(9-11-21)17(23)13-22-12-15(18(24)26-2)14-6-4-5-7-16(14)22/h4-7,12H,3,8-11,13H2,1-2H3. The second-order valence-electron chi connectivity index (χ2n) is 6.25. The number of nitrogens with zero attached hydrogens (tertiary/aromatic N) is 3. The van der Waals surface area contributed by atoms with Gasteiger partial charge in [0.05, 0.1) is 19.3 Å². The fourth-order valence-corrected chi connectivity index (χ4v) is 3.25. The van der Waals surface area contributed by atoms with Crippen LogP contribution >= 0.6 is 0 Å². The molecule has 0 spiro atoms. The molecule has 1 aliphatic heterocycles. The Hall–Kier alpha value is -3.03. The van der Waals surface area contributed by atoms with Crippen LogP contribution in [-0.2, 0) is 20.8 Å². The molecule has 0 radical (unpaired) electrons. The van der Waals surface area contributed by atoms with Crippen molar-refractivity contribution in [3.05, 3.63) is 36.0 Å². The van der Waals surface area contributed by atoms with Crippen LogP contribution < -0.4 is 0 Å². The van der Waals surface area contributed by atoms with E-state index in [0.29, 0.717) is 38.3 Å². The summed E-state index contributed by atoms with van der Waals surface area (Å²) in [6, 6.07) is 7.41. The van der Waals surface area contributed by atoms with Crippen molar-refractivity contribution in [1.82, 2.24) is 14.4 Å². The van der Waals surface area contributed by atoms with Crippen molar-refractivity contribution in [3.8, 4) is 0 Å². The summed E-state index contributed by atoms with van der Waals surface area (Å²) in [4.78, 5) is 39.8. The molecule has 0 saturated carbocycles. The van der Waals surface area contributed by atoms with Crippen molar-refractivity contribution in [3.63, 3.8) is 0 Å². The van der Waals surface area contributed by atoms with Crippen LogP contribution in [0.1, 0.15) is 17.3 Å². The van der Waals surface area contributed by atoms with Gasteiger partial charge in [-0.05, 0) is 13.0 Å². The summed E-state index contributed by atoms with van der Waals surface area (Å²) >= 11 is 0. The van der Waals surface area contributed by atoms with E-state index < -0.39 is 5.97 Å². The summed E-state index contributed by atoms with van der Waals surface area (Å²) in [6.45, 7) is 4.04. The summed E-state index contributed by atoms with van der Waals surface area (Å²) in [5.74, 6) is -0.490. The van der Waals surface area contributed by atoms with Gasteiger partial charge in [-0.25, -0.2) is 9.59 Å². The zero-order valence-corrected chi connectivity index (χ0v) is 15.5. The van der Waals surface area contributed by atoms with E-state index in [1.54, 1.807) is 27.5 Å². The number of piperazine rings is 1. The Morgan fingerprint density at radius 3 is 2.37 bits per heavy atom. The third kappa shape index (κ3) is 3.89. The highest BCUT2D eigenvalue weighted by molar-refractivity contribution is 6.04. The van der Waals surface area contributed by atoms with E-state index in [1.807, 2.05) is 24.3 Å². The van der Waals surface area contributed by atoms with Crippen molar-refractivity contribution < 1.29 is 23.9 Å². The van der Waals surface area contributed by atoms with E-state index in [4.69, 9.17) is 9.47 Å². The first kappa shape index (κ1) is 18.8. The molecule has 1 aromatic carbocycles. The molecule has 0 aliphatic carbocycles. The Bertz CT molecular complexity index is 852. The smallest absolute Gasteiger partial charge is 0.409 e. The monoisotopic (exact) mass is 373 g/mol. The van der Waals surface area contributed by atoms with Crippen LogP contribution in [0, 0.1) is 0 Å². The predicted octanol–water partition coefficient (Wildman–Crippen LogP) is 1.73. The summed E-state index contributed by atoms with van der Waals surface area (Å²) in [6.07, 6.45) is 1.31. The molecule has 0 atom stereocenters. The lowest BCUT2D eigenvalue weighted by Gasteiger charge is -2.34. The average molecular weight is 373 g/mol. The van der Waals surface area contributed by atoms with E-state index >= 15 is 0 Å². The zero-order valence-electron chi connectivity index (χ0n) is 15.5. The molecule has 2 aromatic rings.